The zero-order valence-corrected chi connectivity index (χ0v) is 10.5. The minimum Gasteiger partial charge on any atom is -0.496 e. The molecule has 1 fully saturated rings. The van der Waals surface area contributed by atoms with Gasteiger partial charge in [0.2, 0.25) is 0 Å². The molecule has 1 saturated carbocycles. The first kappa shape index (κ1) is 12.2. The number of nitriles is 1. The van der Waals surface area contributed by atoms with Crippen LogP contribution in [0.1, 0.15) is 24.4 Å². The molecule has 4 heteroatoms. The summed E-state index contributed by atoms with van der Waals surface area (Å²) < 4.78 is 5.26. The highest BCUT2D eigenvalue weighted by Crippen LogP contribution is 2.33. The Morgan fingerprint density at radius 3 is 2.94 bits per heavy atom. The van der Waals surface area contributed by atoms with Crippen LogP contribution in [0, 0.1) is 17.2 Å². The Labute approximate surface area is 106 Å². The fraction of sp³-hybridized carbons (Fsp3) is 0.462. The third-order valence-corrected chi connectivity index (χ3v) is 3.29. The molecule has 1 N–H and O–H groups in total. The summed E-state index contributed by atoms with van der Waals surface area (Å²) in [5.74, 6) is 1.38. The van der Waals surface area contributed by atoms with Gasteiger partial charge in [-0.1, -0.05) is 17.7 Å². The molecule has 3 nitrogen and oxygen atoms in total. The van der Waals surface area contributed by atoms with Crippen LogP contribution in [0.2, 0.25) is 5.02 Å². The Morgan fingerprint density at radius 2 is 2.35 bits per heavy atom. The first-order valence-electron chi connectivity index (χ1n) is 5.71. The maximum Gasteiger partial charge on any atom is 0.126 e. The van der Waals surface area contributed by atoms with Crippen LogP contribution in [0.4, 0.5) is 0 Å². The van der Waals surface area contributed by atoms with Crippen LogP contribution in [0.15, 0.2) is 18.2 Å². The lowest BCUT2D eigenvalue weighted by Crippen LogP contribution is -2.23. The lowest BCUT2D eigenvalue weighted by Gasteiger charge is -2.16. The minimum atomic E-state index is -0.403. The number of hydrogen-bond donors (Lipinski definition) is 1. The van der Waals surface area contributed by atoms with Gasteiger partial charge in [0.15, 0.2) is 0 Å². The summed E-state index contributed by atoms with van der Waals surface area (Å²) in [6.45, 7) is 0.868. The number of ether oxygens (including phenoxy) is 1. The van der Waals surface area contributed by atoms with Crippen molar-refractivity contribution in [1.29, 1.82) is 5.26 Å². The Morgan fingerprint density at radius 1 is 1.59 bits per heavy atom. The fourth-order valence-corrected chi connectivity index (χ4v) is 2.07. The van der Waals surface area contributed by atoms with E-state index in [9.17, 15) is 5.26 Å². The van der Waals surface area contributed by atoms with E-state index in [2.05, 4.69) is 11.4 Å². The average Bonchev–Trinajstić information content (AvgIpc) is 3.15. The molecule has 0 saturated heterocycles. The Balaban J connectivity index is 2.19. The van der Waals surface area contributed by atoms with Crippen molar-refractivity contribution < 1.29 is 4.74 Å². The summed E-state index contributed by atoms with van der Waals surface area (Å²) in [5, 5.41) is 13.0. The van der Waals surface area contributed by atoms with Gasteiger partial charge in [-0.15, -0.1) is 0 Å². The molecule has 1 atom stereocenters. The molecule has 17 heavy (non-hydrogen) atoms. The van der Waals surface area contributed by atoms with Crippen molar-refractivity contribution in [3.63, 3.8) is 0 Å². The summed E-state index contributed by atoms with van der Waals surface area (Å²) in [7, 11) is 1.59. The van der Waals surface area contributed by atoms with Crippen molar-refractivity contribution in [2.75, 3.05) is 13.7 Å². The quantitative estimate of drug-likeness (QED) is 0.874. The maximum atomic E-state index is 9.23. The number of hydrogen-bond acceptors (Lipinski definition) is 3. The van der Waals surface area contributed by atoms with E-state index in [4.69, 9.17) is 16.3 Å². The molecule has 1 aromatic carbocycles. The van der Waals surface area contributed by atoms with Crippen LogP contribution < -0.4 is 10.1 Å². The van der Waals surface area contributed by atoms with Gasteiger partial charge in [-0.2, -0.15) is 5.26 Å². The minimum absolute atomic E-state index is 0.403. The number of rotatable bonds is 5. The van der Waals surface area contributed by atoms with Crippen LogP contribution >= 0.6 is 11.6 Å². The van der Waals surface area contributed by atoms with Crippen LogP contribution in [0.25, 0.3) is 0 Å². The van der Waals surface area contributed by atoms with E-state index < -0.39 is 6.04 Å². The molecule has 1 aliphatic rings. The van der Waals surface area contributed by atoms with Gasteiger partial charge in [-0.05, 0) is 37.4 Å². The molecule has 0 heterocycles. The van der Waals surface area contributed by atoms with E-state index in [-0.39, 0.29) is 0 Å². The van der Waals surface area contributed by atoms with Crippen LogP contribution in [0.3, 0.4) is 0 Å². The van der Waals surface area contributed by atoms with Crippen LogP contribution in [-0.4, -0.2) is 13.7 Å². The second-order valence-corrected chi connectivity index (χ2v) is 4.68. The largest absolute Gasteiger partial charge is 0.496 e. The van der Waals surface area contributed by atoms with Crippen LogP contribution in [0.5, 0.6) is 5.75 Å². The summed E-state index contributed by atoms with van der Waals surface area (Å²) in [6, 6.07) is 7.26. The van der Waals surface area contributed by atoms with E-state index in [1.54, 1.807) is 13.2 Å². The summed E-state index contributed by atoms with van der Waals surface area (Å²) >= 11 is 6.14. The van der Waals surface area contributed by atoms with Crippen molar-refractivity contribution in [2.45, 2.75) is 18.9 Å². The normalized spacial score (nSPS) is 16.3. The highest BCUT2D eigenvalue weighted by atomic mass is 35.5. The molecule has 0 spiro atoms. The van der Waals surface area contributed by atoms with Gasteiger partial charge in [0.1, 0.15) is 11.8 Å². The first-order valence-corrected chi connectivity index (χ1v) is 6.09. The molecule has 1 unspecified atom stereocenters. The number of nitrogens with one attached hydrogen (secondary N) is 1. The molecule has 1 aliphatic carbocycles. The lowest BCUT2D eigenvalue weighted by atomic mass is 10.1. The second-order valence-electron chi connectivity index (χ2n) is 4.27. The third kappa shape index (κ3) is 2.91. The van der Waals surface area contributed by atoms with Gasteiger partial charge >= 0.3 is 0 Å². The van der Waals surface area contributed by atoms with Gasteiger partial charge in [-0.25, -0.2) is 0 Å². The smallest absolute Gasteiger partial charge is 0.126 e. The predicted molar refractivity (Wildman–Crippen MR) is 67.1 cm³/mol. The predicted octanol–water partition coefficient (Wildman–Crippen LogP) is 2.91. The zero-order valence-electron chi connectivity index (χ0n) is 9.74. The maximum absolute atomic E-state index is 9.23. The molecule has 0 aromatic heterocycles. The van der Waals surface area contributed by atoms with Gasteiger partial charge in [0.05, 0.1) is 18.2 Å². The van der Waals surface area contributed by atoms with E-state index in [1.807, 2.05) is 12.1 Å². The highest BCUT2D eigenvalue weighted by Gasteiger charge is 2.24. The second kappa shape index (κ2) is 5.39. The van der Waals surface area contributed by atoms with Crippen molar-refractivity contribution >= 4 is 11.6 Å². The number of halogens is 1. The standard InChI is InChI=1S/C13H15ClN2O/c1-17-12-4-2-3-10(14)13(12)11(7-15)16-8-9-5-6-9/h2-4,9,11,16H,5-6,8H2,1H3. The first-order chi connectivity index (χ1) is 8.26. The van der Waals surface area contributed by atoms with Crippen molar-refractivity contribution in [3.8, 4) is 11.8 Å². The third-order valence-electron chi connectivity index (χ3n) is 2.96. The molecule has 0 amide bonds. The number of nitrogens with zero attached hydrogens (tertiary/aromatic N) is 1. The van der Waals surface area contributed by atoms with E-state index in [0.717, 1.165) is 18.0 Å². The summed E-state index contributed by atoms with van der Waals surface area (Å²) in [4.78, 5) is 0. The Kier molecular flexibility index (Phi) is 3.88. The average molecular weight is 251 g/mol. The molecular weight excluding hydrogens is 236 g/mol. The van der Waals surface area contributed by atoms with E-state index in [0.29, 0.717) is 10.8 Å². The van der Waals surface area contributed by atoms with Gasteiger partial charge < -0.3 is 4.74 Å². The molecule has 0 bridgehead atoms. The molecular formula is C13H15ClN2O. The summed E-state index contributed by atoms with van der Waals surface area (Å²) in [5.41, 5.74) is 0.736. The Bertz CT molecular complexity index is 438. The van der Waals surface area contributed by atoms with Gasteiger partial charge in [-0.3, -0.25) is 5.32 Å². The van der Waals surface area contributed by atoms with Crippen LogP contribution in [-0.2, 0) is 0 Å². The highest BCUT2D eigenvalue weighted by molar-refractivity contribution is 6.31. The van der Waals surface area contributed by atoms with Gasteiger partial charge in [0, 0.05) is 5.56 Å². The molecule has 1 aromatic rings. The van der Waals surface area contributed by atoms with E-state index in [1.165, 1.54) is 12.8 Å². The molecule has 0 radical (unpaired) electrons. The molecule has 2 rings (SSSR count). The number of methoxy groups -OCH3 is 1. The zero-order chi connectivity index (χ0) is 12.3. The molecule has 90 valence electrons. The Hall–Kier alpha value is -1.24. The van der Waals surface area contributed by atoms with E-state index >= 15 is 0 Å². The van der Waals surface area contributed by atoms with Crippen molar-refractivity contribution in [3.05, 3.63) is 28.8 Å². The molecule has 0 aliphatic heterocycles. The SMILES string of the molecule is COc1cccc(Cl)c1C(C#N)NCC1CC1. The van der Waals surface area contributed by atoms with Crippen molar-refractivity contribution in [2.24, 2.45) is 5.92 Å². The number of benzene rings is 1. The monoisotopic (exact) mass is 250 g/mol. The fourth-order valence-electron chi connectivity index (χ4n) is 1.79. The lowest BCUT2D eigenvalue weighted by molar-refractivity contribution is 0.404. The van der Waals surface area contributed by atoms with Gasteiger partial charge in [0.25, 0.3) is 0 Å². The topological polar surface area (TPSA) is 45.0 Å². The summed E-state index contributed by atoms with van der Waals surface area (Å²) in [6.07, 6.45) is 2.51. The van der Waals surface area contributed by atoms with Crippen molar-refractivity contribution in [1.82, 2.24) is 5.32 Å².